The van der Waals surface area contributed by atoms with Crippen molar-refractivity contribution in [1.82, 2.24) is 0 Å². The Balaban J connectivity index is 3.13. The summed E-state index contributed by atoms with van der Waals surface area (Å²) in [6.07, 6.45) is 0. The van der Waals surface area contributed by atoms with E-state index in [1.54, 1.807) is 32.2 Å². The topological polar surface area (TPSA) is 46.5 Å². The summed E-state index contributed by atoms with van der Waals surface area (Å²) in [5, 5.41) is 9.15. The van der Waals surface area contributed by atoms with Crippen LogP contribution in [0.3, 0.4) is 0 Å². The van der Waals surface area contributed by atoms with E-state index in [4.69, 9.17) is 9.84 Å². The molecule has 82 valence electrons. The summed E-state index contributed by atoms with van der Waals surface area (Å²) in [7, 11) is 1.55. The highest BCUT2D eigenvalue weighted by Gasteiger charge is 2.15. The molecule has 1 aromatic rings. The summed E-state index contributed by atoms with van der Waals surface area (Å²) in [6.45, 7) is 1.59. The molecule has 1 atom stereocenters. The molecule has 0 aliphatic rings. The third kappa shape index (κ3) is 2.79. The molecule has 1 rings (SSSR count). The van der Waals surface area contributed by atoms with E-state index in [0.29, 0.717) is 16.9 Å². The molecule has 3 nitrogen and oxygen atoms in total. The van der Waals surface area contributed by atoms with Crippen molar-refractivity contribution in [1.29, 1.82) is 0 Å². The second-order valence-electron chi connectivity index (χ2n) is 3.16. The van der Waals surface area contributed by atoms with Crippen molar-refractivity contribution in [2.75, 3.05) is 7.11 Å². The van der Waals surface area contributed by atoms with Gasteiger partial charge in [-0.05, 0) is 30.7 Å². The van der Waals surface area contributed by atoms with Crippen LogP contribution in [0.1, 0.15) is 22.8 Å². The number of alkyl halides is 1. The summed E-state index contributed by atoms with van der Waals surface area (Å²) in [5.74, 6) is 0.597. The van der Waals surface area contributed by atoms with Crippen LogP contribution in [-0.2, 0) is 6.61 Å². The largest absolute Gasteiger partial charge is 0.497 e. The highest BCUT2D eigenvalue weighted by molar-refractivity contribution is 9.10. The molecule has 4 heteroatoms. The number of aliphatic hydroxyl groups is 1. The highest BCUT2D eigenvalue weighted by Crippen LogP contribution is 2.20. The Bertz CT molecular complexity index is 361. The quantitative estimate of drug-likeness (QED) is 0.675. The molecule has 0 amide bonds. The van der Waals surface area contributed by atoms with Crippen molar-refractivity contribution in [3.8, 4) is 5.75 Å². The Morgan fingerprint density at radius 1 is 1.60 bits per heavy atom. The molecule has 1 unspecified atom stereocenters. The number of methoxy groups -OCH3 is 1. The summed E-state index contributed by atoms with van der Waals surface area (Å²) >= 11 is 3.21. The zero-order chi connectivity index (χ0) is 11.4. The fraction of sp³-hybridized carbons (Fsp3) is 0.364. The maximum absolute atomic E-state index is 11.7. The molecule has 15 heavy (non-hydrogen) atoms. The van der Waals surface area contributed by atoms with Gasteiger partial charge in [0.25, 0.3) is 0 Å². The first kappa shape index (κ1) is 12.2. The van der Waals surface area contributed by atoms with E-state index in [-0.39, 0.29) is 17.2 Å². The average Bonchev–Trinajstić information content (AvgIpc) is 2.27. The maximum atomic E-state index is 11.7. The van der Waals surface area contributed by atoms with E-state index < -0.39 is 0 Å². The third-order valence-electron chi connectivity index (χ3n) is 2.11. The van der Waals surface area contributed by atoms with Gasteiger partial charge in [-0.25, -0.2) is 0 Å². The monoisotopic (exact) mass is 272 g/mol. The number of ketones is 1. The van der Waals surface area contributed by atoms with Crippen molar-refractivity contribution in [3.05, 3.63) is 29.3 Å². The number of ether oxygens (including phenoxy) is 1. The van der Waals surface area contributed by atoms with Gasteiger partial charge in [-0.1, -0.05) is 15.9 Å². The molecule has 0 spiro atoms. The lowest BCUT2D eigenvalue weighted by Gasteiger charge is -2.09. The Labute approximate surface area is 97.2 Å². The van der Waals surface area contributed by atoms with Gasteiger partial charge in [0.05, 0.1) is 18.5 Å². The third-order valence-corrected chi connectivity index (χ3v) is 2.53. The first-order valence-electron chi connectivity index (χ1n) is 4.56. The predicted octanol–water partition coefficient (Wildman–Crippen LogP) is 2.15. The molecule has 0 aliphatic heterocycles. The summed E-state index contributed by atoms with van der Waals surface area (Å²) < 4.78 is 5.02. The molecular weight excluding hydrogens is 260 g/mol. The number of hydrogen-bond acceptors (Lipinski definition) is 3. The number of hydrogen-bond donors (Lipinski definition) is 1. The summed E-state index contributed by atoms with van der Waals surface area (Å²) in [5.41, 5.74) is 1.12. The number of halogens is 1. The van der Waals surface area contributed by atoms with Gasteiger partial charge in [-0.15, -0.1) is 0 Å². The lowest BCUT2D eigenvalue weighted by atomic mass is 10.0. The number of aliphatic hydroxyl groups excluding tert-OH is 1. The van der Waals surface area contributed by atoms with Crippen LogP contribution in [0.2, 0.25) is 0 Å². The number of carbonyl (C=O) groups is 1. The standard InChI is InChI=1S/C11H13BrO3/c1-7(12)11(14)10-4-3-9(15-2)5-8(10)6-13/h3-5,7,13H,6H2,1-2H3. The fourth-order valence-electron chi connectivity index (χ4n) is 1.28. The van der Waals surface area contributed by atoms with Crippen LogP contribution in [0.4, 0.5) is 0 Å². The van der Waals surface area contributed by atoms with Crippen LogP contribution < -0.4 is 4.74 Å². The molecule has 0 radical (unpaired) electrons. The highest BCUT2D eigenvalue weighted by atomic mass is 79.9. The molecule has 0 bridgehead atoms. The zero-order valence-corrected chi connectivity index (χ0v) is 10.2. The summed E-state index contributed by atoms with van der Waals surface area (Å²) in [4.78, 5) is 11.5. The fourth-order valence-corrected chi connectivity index (χ4v) is 1.53. The van der Waals surface area contributed by atoms with Gasteiger partial charge in [-0.2, -0.15) is 0 Å². The van der Waals surface area contributed by atoms with Crippen LogP contribution in [-0.4, -0.2) is 22.8 Å². The van der Waals surface area contributed by atoms with Crippen molar-refractivity contribution in [3.63, 3.8) is 0 Å². The first-order valence-corrected chi connectivity index (χ1v) is 5.47. The van der Waals surface area contributed by atoms with Crippen molar-refractivity contribution in [2.45, 2.75) is 18.4 Å². The van der Waals surface area contributed by atoms with Crippen LogP contribution in [0.5, 0.6) is 5.75 Å². The number of carbonyl (C=O) groups excluding carboxylic acids is 1. The van der Waals surface area contributed by atoms with Gasteiger partial charge in [0.15, 0.2) is 5.78 Å². The predicted molar refractivity (Wildman–Crippen MR) is 61.6 cm³/mol. The SMILES string of the molecule is COc1ccc(C(=O)C(C)Br)c(CO)c1. The molecule has 0 saturated heterocycles. The second-order valence-corrected chi connectivity index (χ2v) is 4.53. The zero-order valence-electron chi connectivity index (χ0n) is 8.66. The Hall–Kier alpha value is -0.870. The molecule has 0 heterocycles. The minimum Gasteiger partial charge on any atom is -0.497 e. The normalized spacial score (nSPS) is 12.3. The van der Waals surface area contributed by atoms with E-state index in [0.717, 1.165) is 0 Å². The van der Waals surface area contributed by atoms with E-state index >= 15 is 0 Å². The van der Waals surface area contributed by atoms with Gasteiger partial charge in [-0.3, -0.25) is 4.79 Å². The van der Waals surface area contributed by atoms with Crippen molar-refractivity contribution < 1.29 is 14.6 Å². The van der Waals surface area contributed by atoms with E-state index in [9.17, 15) is 4.79 Å². The lowest BCUT2D eigenvalue weighted by molar-refractivity contribution is 0.0993. The van der Waals surface area contributed by atoms with Crippen molar-refractivity contribution >= 4 is 21.7 Å². The van der Waals surface area contributed by atoms with Gasteiger partial charge in [0, 0.05) is 5.56 Å². The van der Waals surface area contributed by atoms with Gasteiger partial charge < -0.3 is 9.84 Å². The molecule has 0 aromatic heterocycles. The van der Waals surface area contributed by atoms with Gasteiger partial charge >= 0.3 is 0 Å². The Morgan fingerprint density at radius 3 is 2.73 bits per heavy atom. The average molecular weight is 273 g/mol. The minimum atomic E-state index is -0.254. The molecule has 1 aromatic carbocycles. The number of benzene rings is 1. The van der Waals surface area contributed by atoms with Crippen LogP contribution in [0.15, 0.2) is 18.2 Å². The van der Waals surface area contributed by atoms with Crippen LogP contribution in [0.25, 0.3) is 0 Å². The molecule has 1 N–H and O–H groups in total. The first-order chi connectivity index (χ1) is 7.10. The smallest absolute Gasteiger partial charge is 0.176 e. The molecule has 0 fully saturated rings. The second kappa shape index (κ2) is 5.28. The minimum absolute atomic E-state index is 0.0401. The Morgan fingerprint density at radius 2 is 2.27 bits per heavy atom. The molecule has 0 saturated carbocycles. The number of rotatable bonds is 4. The Kier molecular flexibility index (Phi) is 4.29. The van der Waals surface area contributed by atoms with E-state index in [1.165, 1.54) is 0 Å². The van der Waals surface area contributed by atoms with Crippen molar-refractivity contribution in [2.24, 2.45) is 0 Å². The van der Waals surface area contributed by atoms with Gasteiger partial charge in [0.1, 0.15) is 5.75 Å². The van der Waals surface area contributed by atoms with Crippen LogP contribution >= 0.6 is 15.9 Å². The lowest BCUT2D eigenvalue weighted by Crippen LogP contribution is -2.12. The number of Topliss-reactive ketones (excluding diaryl/α,β-unsaturated/α-hetero) is 1. The van der Waals surface area contributed by atoms with Crippen LogP contribution in [0, 0.1) is 0 Å². The summed E-state index contributed by atoms with van der Waals surface area (Å²) in [6, 6.07) is 5.05. The van der Waals surface area contributed by atoms with Gasteiger partial charge in [0.2, 0.25) is 0 Å². The molecule has 0 aliphatic carbocycles. The van der Waals surface area contributed by atoms with E-state index in [1.807, 2.05) is 0 Å². The molecular formula is C11H13BrO3. The van der Waals surface area contributed by atoms with E-state index in [2.05, 4.69) is 15.9 Å². The maximum Gasteiger partial charge on any atom is 0.176 e.